The van der Waals surface area contributed by atoms with E-state index in [1.165, 1.54) is 0 Å². The smallest absolute Gasteiger partial charge is 0.156 e. The molecule has 3 rings (SSSR count). The fraction of sp³-hybridized carbons (Fsp3) is 0.0625. The van der Waals surface area contributed by atoms with Crippen molar-refractivity contribution in [2.24, 2.45) is 0 Å². The molecular weight excluding hydrogens is 396 g/mol. The molecule has 0 aliphatic heterocycles. The van der Waals surface area contributed by atoms with Gasteiger partial charge in [0.1, 0.15) is 5.52 Å². The number of nitrogens with one attached hydrogen (secondary N) is 1. The van der Waals surface area contributed by atoms with Crippen LogP contribution in [0.1, 0.15) is 5.69 Å². The average Bonchev–Trinajstić information content (AvgIpc) is 2.51. The first-order chi connectivity index (χ1) is 10.1. The number of hydrogen-bond donors (Lipinski definition) is 2. The van der Waals surface area contributed by atoms with Gasteiger partial charge in [-0.15, -0.1) is 0 Å². The van der Waals surface area contributed by atoms with E-state index in [0.29, 0.717) is 16.5 Å². The predicted molar refractivity (Wildman–Crippen MR) is 92.6 cm³/mol. The average molecular weight is 408 g/mol. The number of aromatic hydroxyl groups is 1. The fourth-order valence-corrected chi connectivity index (χ4v) is 3.36. The Morgan fingerprint density at radius 1 is 1.00 bits per heavy atom. The Balaban J connectivity index is 1.92. The van der Waals surface area contributed by atoms with Crippen molar-refractivity contribution in [3.63, 3.8) is 0 Å². The van der Waals surface area contributed by atoms with Gasteiger partial charge in [-0.2, -0.15) is 0 Å². The second kappa shape index (κ2) is 6.03. The Morgan fingerprint density at radius 2 is 1.76 bits per heavy atom. The van der Waals surface area contributed by atoms with Gasteiger partial charge in [0, 0.05) is 15.5 Å². The van der Waals surface area contributed by atoms with E-state index in [9.17, 15) is 5.11 Å². The number of para-hydroxylation sites is 1. The lowest BCUT2D eigenvalue weighted by Crippen LogP contribution is -2.01. The van der Waals surface area contributed by atoms with Gasteiger partial charge in [-0.1, -0.05) is 34.1 Å². The second-order valence-corrected chi connectivity index (χ2v) is 6.32. The number of nitrogens with zero attached hydrogens (tertiary/aromatic N) is 1. The van der Waals surface area contributed by atoms with Crippen LogP contribution in [0.3, 0.4) is 0 Å². The summed E-state index contributed by atoms with van der Waals surface area (Å²) in [6.07, 6.45) is 0. The molecule has 5 heteroatoms. The van der Waals surface area contributed by atoms with E-state index in [2.05, 4.69) is 42.2 Å². The van der Waals surface area contributed by atoms with Crippen LogP contribution in [-0.2, 0) is 6.54 Å². The summed E-state index contributed by atoms with van der Waals surface area (Å²) in [7, 11) is 0. The topological polar surface area (TPSA) is 45.1 Å². The number of phenolic OH excluding ortho intramolecular Hbond substituents is 1. The molecule has 0 aliphatic rings. The van der Waals surface area contributed by atoms with Crippen LogP contribution in [0, 0.1) is 0 Å². The Kier molecular flexibility index (Phi) is 4.12. The zero-order valence-corrected chi connectivity index (χ0v) is 14.1. The van der Waals surface area contributed by atoms with E-state index in [4.69, 9.17) is 0 Å². The van der Waals surface area contributed by atoms with Gasteiger partial charge in [0.2, 0.25) is 0 Å². The molecule has 3 nitrogen and oxygen atoms in total. The summed E-state index contributed by atoms with van der Waals surface area (Å²) in [4.78, 5) is 4.54. The Morgan fingerprint density at radius 3 is 2.52 bits per heavy atom. The molecule has 0 saturated carbocycles. The SMILES string of the molecule is Oc1c(Br)cc(Br)c2ccc(CNc3ccccc3)nc12. The number of hydrogen-bond acceptors (Lipinski definition) is 3. The van der Waals surface area contributed by atoms with E-state index in [-0.39, 0.29) is 5.75 Å². The van der Waals surface area contributed by atoms with Gasteiger partial charge in [0.05, 0.1) is 16.7 Å². The molecule has 2 aromatic carbocycles. The molecule has 0 amide bonds. The molecule has 2 N–H and O–H groups in total. The van der Waals surface area contributed by atoms with Gasteiger partial charge in [0.25, 0.3) is 0 Å². The highest BCUT2D eigenvalue weighted by Crippen LogP contribution is 2.36. The summed E-state index contributed by atoms with van der Waals surface area (Å²) < 4.78 is 1.53. The van der Waals surface area contributed by atoms with E-state index >= 15 is 0 Å². The van der Waals surface area contributed by atoms with E-state index < -0.39 is 0 Å². The third-order valence-electron chi connectivity index (χ3n) is 3.16. The number of pyridine rings is 1. The number of benzene rings is 2. The normalized spacial score (nSPS) is 10.8. The lowest BCUT2D eigenvalue weighted by atomic mass is 10.2. The van der Waals surface area contributed by atoms with Crippen molar-refractivity contribution < 1.29 is 5.11 Å². The molecule has 0 aliphatic carbocycles. The van der Waals surface area contributed by atoms with Crippen molar-refractivity contribution in [1.29, 1.82) is 0 Å². The quantitative estimate of drug-likeness (QED) is 0.636. The zero-order chi connectivity index (χ0) is 14.8. The standard InChI is InChI=1S/C16H12Br2N2O/c17-13-8-14(18)16(21)15-12(13)7-6-11(20-15)9-19-10-4-2-1-3-5-10/h1-8,19,21H,9H2. The summed E-state index contributed by atoms with van der Waals surface area (Å²) in [5.41, 5.74) is 2.49. The van der Waals surface area contributed by atoms with Crippen LogP contribution < -0.4 is 5.32 Å². The number of rotatable bonds is 3. The second-order valence-electron chi connectivity index (χ2n) is 4.61. The molecule has 0 radical (unpaired) electrons. The molecule has 21 heavy (non-hydrogen) atoms. The maximum atomic E-state index is 10.1. The fourth-order valence-electron chi connectivity index (χ4n) is 2.09. The van der Waals surface area contributed by atoms with Crippen LogP contribution in [0.5, 0.6) is 5.75 Å². The Bertz CT molecular complexity index is 791. The van der Waals surface area contributed by atoms with Gasteiger partial charge in [-0.3, -0.25) is 0 Å². The lowest BCUT2D eigenvalue weighted by molar-refractivity contribution is 0.477. The van der Waals surface area contributed by atoms with Crippen LogP contribution in [0.25, 0.3) is 10.9 Å². The molecule has 0 unspecified atom stereocenters. The van der Waals surface area contributed by atoms with E-state index in [1.807, 2.05) is 48.5 Å². The van der Waals surface area contributed by atoms with Crippen molar-refractivity contribution in [2.45, 2.75) is 6.54 Å². The number of anilines is 1. The van der Waals surface area contributed by atoms with Crippen LogP contribution in [0.15, 0.2) is 57.5 Å². The Labute approximate surface area is 139 Å². The van der Waals surface area contributed by atoms with Crippen LogP contribution in [0.2, 0.25) is 0 Å². The third kappa shape index (κ3) is 3.04. The number of fused-ring (bicyclic) bond motifs is 1. The lowest BCUT2D eigenvalue weighted by Gasteiger charge is -2.09. The maximum absolute atomic E-state index is 10.1. The molecule has 1 heterocycles. The van der Waals surface area contributed by atoms with E-state index in [0.717, 1.165) is 21.2 Å². The van der Waals surface area contributed by atoms with Gasteiger partial charge < -0.3 is 10.4 Å². The molecule has 0 spiro atoms. The van der Waals surface area contributed by atoms with Crippen LogP contribution in [-0.4, -0.2) is 10.1 Å². The number of aromatic nitrogens is 1. The third-order valence-corrected chi connectivity index (χ3v) is 4.42. The van der Waals surface area contributed by atoms with E-state index in [1.54, 1.807) is 0 Å². The summed E-state index contributed by atoms with van der Waals surface area (Å²) in [5.74, 6) is 0.162. The van der Waals surface area contributed by atoms with Crippen molar-refractivity contribution in [2.75, 3.05) is 5.32 Å². The predicted octanol–water partition coefficient (Wildman–Crippen LogP) is 5.08. The van der Waals surface area contributed by atoms with Crippen LogP contribution >= 0.6 is 31.9 Å². The molecule has 3 aromatic rings. The van der Waals surface area contributed by atoms with Gasteiger partial charge in [-0.05, 0) is 46.3 Å². The summed E-state index contributed by atoms with van der Waals surface area (Å²) in [6.45, 7) is 0.601. The first-order valence-corrected chi connectivity index (χ1v) is 7.99. The molecule has 0 atom stereocenters. The van der Waals surface area contributed by atoms with Crippen molar-refractivity contribution in [3.05, 3.63) is 63.2 Å². The highest BCUT2D eigenvalue weighted by Gasteiger charge is 2.10. The molecular formula is C16H12Br2N2O. The monoisotopic (exact) mass is 406 g/mol. The minimum absolute atomic E-state index is 0.162. The zero-order valence-electron chi connectivity index (χ0n) is 11.0. The van der Waals surface area contributed by atoms with Crippen molar-refractivity contribution in [1.82, 2.24) is 4.98 Å². The molecule has 0 saturated heterocycles. The summed E-state index contributed by atoms with van der Waals surface area (Å²) in [6, 6.07) is 15.7. The molecule has 1 aromatic heterocycles. The van der Waals surface area contributed by atoms with Gasteiger partial charge in [0.15, 0.2) is 5.75 Å². The maximum Gasteiger partial charge on any atom is 0.156 e. The first kappa shape index (κ1) is 14.4. The molecule has 106 valence electrons. The van der Waals surface area contributed by atoms with Gasteiger partial charge in [-0.25, -0.2) is 4.98 Å². The Hall–Kier alpha value is -1.59. The number of halogens is 2. The molecule has 0 bridgehead atoms. The minimum atomic E-state index is 0.162. The highest BCUT2D eigenvalue weighted by molar-refractivity contribution is 9.11. The highest BCUT2D eigenvalue weighted by atomic mass is 79.9. The van der Waals surface area contributed by atoms with Crippen molar-refractivity contribution in [3.8, 4) is 5.75 Å². The largest absolute Gasteiger partial charge is 0.505 e. The van der Waals surface area contributed by atoms with Gasteiger partial charge >= 0.3 is 0 Å². The first-order valence-electron chi connectivity index (χ1n) is 6.40. The number of phenols is 1. The molecule has 0 fully saturated rings. The van der Waals surface area contributed by atoms with Crippen molar-refractivity contribution >= 4 is 48.5 Å². The summed E-state index contributed by atoms with van der Waals surface area (Å²) >= 11 is 6.82. The van der Waals surface area contributed by atoms with Crippen LogP contribution in [0.4, 0.5) is 5.69 Å². The minimum Gasteiger partial charge on any atom is -0.505 e. The summed E-state index contributed by atoms with van der Waals surface area (Å²) in [5, 5.41) is 14.3.